The Kier molecular flexibility index (Phi) is 10.00. The quantitative estimate of drug-likeness (QED) is 0.222. The van der Waals surface area contributed by atoms with E-state index in [0.717, 1.165) is 28.9 Å². The number of aryl methyl sites for hydroxylation is 1. The summed E-state index contributed by atoms with van der Waals surface area (Å²) in [6.45, 7) is 6.41. The zero-order chi connectivity index (χ0) is 31.4. The molecule has 1 unspecified atom stereocenters. The Morgan fingerprint density at radius 3 is 2.26 bits per heavy atom. The zero-order valence-electron chi connectivity index (χ0n) is 25.2. The van der Waals surface area contributed by atoms with E-state index >= 15 is 0 Å². The van der Waals surface area contributed by atoms with Gasteiger partial charge in [-0.05, 0) is 54.3 Å². The molecular formula is C33H39ClN4O4S. The molecule has 1 atom stereocenters. The van der Waals surface area contributed by atoms with Gasteiger partial charge in [-0.3, -0.25) is 9.10 Å². The summed E-state index contributed by atoms with van der Waals surface area (Å²) < 4.78 is 28.5. The number of anilines is 1. The Balaban J connectivity index is 1.44. The normalized spacial score (nSPS) is 12.6. The van der Waals surface area contributed by atoms with Crippen molar-refractivity contribution in [2.45, 2.75) is 51.6 Å². The van der Waals surface area contributed by atoms with Crippen LogP contribution in [0.1, 0.15) is 54.5 Å². The standard InChI is InChI=1S/C33H39ClN4O4S/c1-33(2,3)32-36-30(22-37(32)4)24-12-10-23(11-13-24)20-27(18-19-39)35-31(40)25-14-16-28(17-15-25)38(43(5,41)42)21-26-8-6-7-9-29(26)34/h6-17,22,27,39H,18-21H2,1-5H3,(H,35,40). The molecule has 0 aliphatic carbocycles. The highest BCUT2D eigenvalue weighted by Gasteiger charge is 2.22. The Hall–Kier alpha value is -3.66. The Bertz CT molecular complexity index is 1660. The van der Waals surface area contributed by atoms with E-state index in [4.69, 9.17) is 16.6 Å². The predicted molar refractivity (Wildman–Crippen MR) is 173 cm³/mol. The van der Waals surface area contributed by atoms with E-state index in [1.807, 2.05) is 37.5 Å². The number of carbonyl (C=O) groups is 1. The molecule has 10 heteroatoms. The highest BCUT2D eigenvalue weighted by Crippen LogP contribution is 2.27. The second-order valence-corrected chi connectivity index (χ2v) is 14.1. The van der Waals surface area contributed by atoms with Crippen LogP contribution >= 0.6 is 11.6 Å². The number of aliphatic hydroxyl groups excluding tert-OH is 1. The second kappa shape index (κ2) is 13.3. The molecule has 4 rings (SSSR count). The molecule has 1 heterocycles. The van der Waals surface area contributed by atoms with Crippen LogP contribution in [0.5, 0.6) is 0 Å². The first-order valence-electron chi connectivity index (χ1n) is 14.1. The maximum absolute atomic E-state index is 13.1. The smallest absolute Gasteiger partial charge is 0.251 e. The fourth-order valence-electron chi connectivity index (χ4n) is 5.01. The molecule has 1 aromatic heterocycles. The van der Waals surface area contributed by atoms with Crippen LogP contribution in [0.25, 0.3) is 11.3 Å². The molecule has 2 N–H and O–H groups in total. The number of sulfonamides is 1. The predicted octanol–water partition coefficient (Wildman–Crippen LogP) is 5.73. The van der Waals surface area contributed by atoms with Gasteiger partial charge in [-0.15, -0.1) is 0 Å². The minimum atomic E-state index is -3.61. The van der Waals surface area contributed by atoms with Crippen molar-refractivity contribution in [2.75, 3.05) is 17.2 Å². The summed E-state index contributed by atoms with van der Waals surface area (Å²) >= 11 is 6.27. The number of benzene rings is 3. The molecule has 0 fully saturated rings. The third-order valence-corrected chi connectivity index (χ3v) is 8.69. The van der Waals surface area contributed by atoms with Crippen molar-refractivity contribution >= 4 is 33.2 Å². The number of hydrogen-bond donors (Lipinski definition) is 2. The molecule has 4 aromatic rings. The number of rotatable bonds is 11. The molecule has 0 radical (unpaired) electrons. The van der Waals surface area contributed by atoms with Gasteiger partial charge in [0.2, 0.25) is 10.0 Å². The van der Waals surface area contributed by atoms with E-state index < -0.39 is 10.0 Å². The number of imidazole rings is 1. The first kappa shape index (κ1) is 32.3. The van der Waals surface area contributed by atoms with Crippen LogP contribution < -0.4 is 9.62 Å². The maximum Gasteiger partial charge on any atom is 0.251 e. The highest BCUT2D eigenvalue weighted by atomic mass is 35.5. The lowest BCUT2D eigenvalue weighted by atomic mass is 9.96. The molecule has 0 saturated carbocycles. The monoisotopic (exact) mass is 622 g/mol. The van der Waals surface area contributed by atoms with E-state index in [1.165, 1.54) is 4.31 Å². The highest BCUT2D eigenvalue weighted by molar-refractivity contribution is 7.92. The SMILES string of the molecule is Cn1cc(-c2ccc(CC(CCO)NC(=O)c3ccc(N(Cc4ccccc4Cl)S(C)(=O)=O)cc3)cc2)nc1C(C)(C)C. The van der Waals surface area contributed by atoms with Gasteiger partial charge in [0.1, 0.15) is 5.82 Å². The van der Waals surface area contributed by atoms with Gasteiger partial charge in [0.05, 0.1) is 24.2 Å². The van der Waals surface area contributed by atoms with Crippen molar-refractivity contribution in [3.05, 3.63) is 107 Å². The van der Waals surface area contributed by atoms with Crippen molar-refractivity contribution in [1.82, 2.24) is 14.9 Å². The number of aliphatic hydroxyl groups is 1. The minimum Gasteiger partial charge on any atom is -0.396 e. The number of aromatic nitrogens is 2. The van der Waals surface area contributed by atoms with Crippen molar-refractivity contribution in [3.63, 3.8) is 0 Å². The van der Waals surface area contributed by atoms with Crippen molar-refractivity contribution in [2.24, 2.45) is 7.05 Å². The Morgan fingerprint density at radius 2 is 1.70 bits per heavy atom. The van der Waals surface area contributed by atoms with Crippen LogP contribution in [0.3, 0.4) is 0 Å². The number of nitrogens with zero attached hydrogens (tertiary/aromatic N) is 3. The molecule has 1 amide bonds. The van der Waals surface area contributed by atoms with Crippen molar-refractivity contribution in [3.8, 4) is 11.3 Å². The molecule has 0 spiro atoms. The average Bonchev–Trinajstić information content (AvgIpc) is 3.35. The van der Waals surface area contributed by atoms with Crippen LogP contribution in [-0.2, 0) is 35.5 Å². The first-order valence-corrected chi connectivity index (χ1v) is 16.3. The molecule has 0 aliphatic heterocycles. The van der Waals surface area contributed by atoms with Gasteiger partial charge in [-0.25, -0.2) is 13.4 Å². The van der Waals surface area contributed by atoms with Gasteiger partial charge in [-0.1, -0.05) is 74.8 Å². The molecular weight excluding hydrogens is 584 g/mol. The number of amides is 1. The minimum absolute atomic E-state index is 0.0630. The lowest BCUT2D eigenvalue weighted by Crippen LogP contribution is -2.37. The second-order valence-electron chi connectivity index (χ2n) is 11.8. The van der Waals surface area contributed by atoms with Gasteiger partial charge in [-0.2, -0.15) is 0 Å². The van der Waals surface area contributed by atoms with Gasteiger partial charge < -0.3 is 15.0 Å². The summed E-state index contributed by atoms with van der Waals surface area (Å²) in [6, 6.07) is 21.3. The number of nitrogens with one attached hydrogen (secondary N) is 1. The zero-order valence-corrected chi connectivity index (χ0v) is 26.8. The number of halogens is 1. The van der Waals surface area contributed by atoms with Gasteiger partial charge in [0.25, 0.3) is 5.91 Å². The lowest BCUT2D eigenvalue weighted by molar-refractivity contribution is 0.0930. The third kappa shape index (κ3) is 8.25. The molecule has 0 saturated heterocycles. The topological polar surface area (TPSA) is 105 Å². The fourth-order valence-corrected chi connectivity index (χ4v) is 6.08. The average molecular weight is 623 g/mol. The largest absolute Gasteiger partial charge is 0.396 e. The van der Waals surface area contributed by atoms with E-state index in [0.29, 0.717) is 34.7 Å². The van der Waals surface area contributed by atoms with Crippen LogP contribution in [0.4, 0.5) is 5.69 Å². The number of carbonyl (C=O) groups excluding carboxylic acids is 1. The molecule has 0 aliphatic rings. The summed E-state index contributed by atoms with van der Waals surface area (Å²) in [4.78, 5) is 18.0. The Labute approximate surface area is 259 Å². The third-order valence-electron chi connectivity index (χ3n) is 7.18. The van der Waals surface area contributed by atoms with Crippen LogP contribution in [0.15, 0.2) is 79.0 Å². The van der Waals surface area contributed by atoms with Gasteiger partial charge in [0.15, 0.2) is 0 Å². The van der Waals surface area contributed by atoms with Crippen molar-refractivity contribution < 1.29 is 18.3 Å². The van der Waals surface area contributed by atoms with Crippen LogP contribution in [-0.4, -0.2) is 47.9 Å². The molecule has 228 valence electrons. The van der Waals surface area contributed by atoms with E-state index in [2.05, 4.69) is 30.7 Å². The lowest BCUT2D eigenvalue weighted by Gasteiger charge is -2.23. The fraction of sp³-hybridized carbons (Fsp3) is 0.333. The van der Waals surface area contributed by atoms with E-state index in [1.54, 1.807) is 48.5 Å². The molecule has 0 bridgehead atoms. The van der Waals surface area contributed by atoms with Gasteiger partial charge in [0, 0.05) is 47.5 Å². The van der Waals surface area contributed by atoms with Crippen LogP contribution in [0, 0.1) is 0 Å². The van der Waals surface area contributed by atoms with E-state index in [-0.39, 0.29) is 30.5 Å². The molecule has 43 heavy (non-hydrogen) atoms. The molecule has 3 aromatic carbocycles. The number of hydrogen-bond acceptors (Lipinski definition) is 5. The maximum atomic E-state index is 13.1. The van der Waals surface area contributed by atoms with Crippen LogP contribution in [0.2, 0.25) is 5.02 Å². The summed E-state index contributed by atoms with van der Waals surface area (Å²) in [5, 5.41) is 13.2. The first-order chi connectivity index (χ1) is 20.3. The molecule has 8 nitrogen and oxygen atoms in total. The summed E-state index contributed by atoms with van der Waals surface area (Å²) in [5.74, 6) is 0.705. The summed E-state index contributed by atoms with van der Waals surface area (Å²) in [6.07, 6.45) is 4.10. The van der Waals surface area contributed by atoms with Gasteiger partial charge >= 0.3 is 0 Å². The van der Waals surface area contributed by atoms with E-state index in [9.17, 15) is 18.3 Å². The van der Waals surface area contributed by atoms with Crippen molar-refractivity contribution in [1.29, 1.82) is 0 Å². The Morgan fingerprint density at radius 1 is 1.05 bits per heavy atom. The summed E-state index contributed by atoms with van der Waals surface area (Å²) in [7, 11) is -1.61. The summed E-state index contributed by atoms with van der Waals surface area (Å²) in [5.41, 5.74) is 4.36.